The molecule has 0 spiro atoms. The zero-order chi connectivity index (χ0) is 16.4. The molecule has 0 saturated heterocycles. The van der Waals surface area contributed by atoms with Crippen LogP contribution in [0.25, 0.3) is 5.69 Å². The first-order chi connectivity index (χ1) is 11.1. The second kappa shape index (κ2) is 6.99. The van der Waals surface area contributed by atoms with Gasteiger partial charge in [-0.25, -0.2) is 4.68 Å². The minimum Gasteiger partial charge on any atom is -0.392 e. The molecule has 2 atom stereocenters. The summed E-state index contributed by atoms with van der Waals surface area (Å²) in [6, 6.07) is 7.58. The summed E-state index contributed by atoms with van der Waals surface area (Å²) in [6.07, 6.45) is 3.26. The number of aliphatic hydroxyl groups is 1. The molecule has 1 saturated carbocycles. The zero-order valence-corrected chi connectivity index (χ0v) is 14.3. The van der Waals surface area contributed by atoms with E-state index in [1.165, 1.54) is 6.42 Å². The Bertz CT molecular complexity index is 651. The fourth-order valence-electron chi connectivity index (χ4n) is 2.95. The fourth-order valence-corrected chi connectivity index (χ4v) is 3.08. The largest absolute Gasteiger partial charge is 0.392 e. The number of aliphatic hydroxyl groups excluding tert-OH is 1. The highest BCUT2D eigenvalue weighted by Gasteiger charge is 2.26. The van der Waals surface area contributed by atoms with Crippen LogP contribution < -0.4 is 5.32 Å². The van der Waals surface area contributed by atoms with Crippen molar-refractivity contribution in [2.75, 3.05) is 6.54 Å². The van der Waals surface area contributed by atoms with Gasteiger partial charge in [-0.3, -0.25) is 0 Å². The van der Waals surface area contributed by atoms with Gasteiger partial charge < -0.3 is 10.4 Å². The first-order valence-corrected chi connectivity index (χ1v) is 8.53. The molecule has 5 nitrogen and oxygen atoms in total. The number of nitrogens with zero attached hydrogens (tertiary/aromatic N) is 3. The van der Waals surface area contributed by atoms with Crippen LogP contribution in [0.5, 0.6) is 0 Å². The molecular weight excluding hydrogens is 312 g/mol. The zero-order valence-electron chi connectivity index (χ0n) is 13.5. The van der Waals surface area contributed by atoms with Gasteiger partial charge in [0.25, 0.3) is 0 Å². The Hall–Kier alpha value is -1.43. The molecular formula is C17H23ClN4O. The highest BCUT2D eigenvalue weighted by atomic mass is 35.5. The van der Waals surface area contributed by atoms with Crippen molar-refractivity contribution in [2.24, 2.45) is 5.92 Å². The van der Waals surface area contributed by atoms with E-state index in [2.05, 4.69) is 22.6 Å². The lowest BCUT2D eigenvalue weighted by Crippen LogP contribution is -2.37. The van der Waals surface area contributed by atoms with E-state index in [1.54, 1.807) is 0 Å². The van der Waals surface area contributed by atoms with Crippen molar-refractivity contribution in [1.29, 1.82) is 0 Å². The molecule has 3 rings (SSSR count). The van der Waals surface area contributed by atoms with Gasteiger partial charge in [-0.05, 0) is 56.9 Å². The first-order valence-electron chi connectivity index (χ1n) is 8.16. The maximum atomic E-state index is 10.1. The molecule has 0 radical (unpaired) electrons. The summed E-state index contributed by atoms with van der Waals surface area (Å²) in [5.41, 5.74) is 2.83. The van der Waals surface area contributed by atoms with Crippen LogP contribution in [0.1, 0.15) is 43.6 Å². The molecule has 2 unspecified atom stereocenters. The van der Waals surface area contributed by atoms with Crippen molar-refractivity contribution in [3.63, 3.8) is 0 Å². The topological polar surface area (TPSA) is 63.0 Å². The highest BCUT2D eigenvalue weighted by molar-refractivity contribution is 6.30. The molecule has 1 aromatic carbocycles. The highest BCUT2D eigenvalue weighted by Crippen LogP contribution is 2.29. The maximum absolute atomic E-state index is 10.1. The van der Waals surface area contributed by atoms with Gasteiger partial charge in [0.1, 0.15) is 5.69 Å². The summed E-state index contributed by atoms with van der Waals surface area (Å²) in [6.45, 7) is 4.65. The van der Waals surface area contributed by atoms with Gasteiger partial charge in [0.15, 0.2) is 0 Å². The summed E-state index contributed by atoms with van der Waals surface area (Å²) in [4.78, 5) is 0. The molecule has 2 aromatic rings. The van der Waals surface area contributed by atoms with Crippen LogP contribution in [-0.2, 0) is 0 Å². The Labute approximate surface area is 141 Å². The summed E-state index contributed by atoms with van der Waals surface area (Å²) in [5.74, 6) is 0.459. The predicted octanol–water partition coefficient (Wildman–Crippen LogP) is 3.04. The molecule has 1 aromatic heterocycles. The quantitative estimate of drug-likeness (QED) is 0.852. The Balaban J connectivity index is 1.66. The summed E-state index contributed by atoms with van der Waals surface area (Å²) in [7, 11) is 0. The van der Waals surface area contributed by atoms with Crippen molar-refractivity contribution in [1.82, 2.24) is 20.3 Å². The van der Waals surface area contributed by atoms with Gasteiger partial charge in [-0.15, -0.1) is 5.10 Å². The smallest absolute Gasteiger partial charge is 0.103 e. The monoisotopic (exact) mass is 334 g/mol. The normalized spacial score (nSPS) is 17.7. The third-order valence-electron chi connectivity index (χ3n) is 4.74. The van der Waals surface area contributed by atoms with Gasteiger partial charge in [-0.2, -0.15) is 0 Å². The van der Waals surface area contributed by atoms with Crippen LogP contribution in [-0.4, -0.2) is 32.7 Å². The Kier molecular flexibility index (Phi) is 4.99. The molecule has 1 fully saturated rings. The standard InChI is InChI=1S/C17H23ClN4O/c1-11(19-10-16(23)13-4-3-5-13)17-12(2)22(21-20-17)15-8-6-14(18)7-9-15/h6-9,11,13,16,19,23H,3-5,10H2,1-2H3. The van der Waals surface area contributed by atoms with Crippen LogP contribution in [0, 0.1) is 12.8 Å². The molecule has 2 N–H and O–H groups in total. The van der Waals surface area contributed by atoms with Crippen molar-refractivity contribution >= 4 is 11.6 Å². The number of benzene rings is 1. The third kappa shape index (κ3) is 3.57. The number of hydrogen-bond donors (Lipinski definition) is 2. The van der Waals surface area contributed by atoms with E-state index in [1.807, 2.05) is 35.9 Å². The minimum atomic E-state index is -0.266. The second-order valence-corrected chi connectivity index (χ2v) is 6.77. The summed E-state index contributed by atoms with van der Waals surface area (Å²) in [5, 5.41) is 22.8. The van der Waals surface area contributed by atoms with E-state index >= 15 is 0 Å². The summed E-state index contributed by atoms with van der Waals surface area (Å²) >= 11 is 5.93. The van der Waals surface area contributed by atoms with E-state index in [4.69, 9.17) is 11.6 Å². The minimum absolute atomic E-state index is 0.0470. The van der Waals surface area contributed by atoms with Crippen molar-refractivity contribution in [2.45, 2.75) is 45.3 Å². The third-order valence-corrected chi connectivity index (χ3v) is 4.99. The predicted molar refractivity (Wildman–Crippen MR) is 90.9 cm³/mol. The molecule has 23 heavy (non-hydrogen) atoms. The molecule has 1 aliphatic rings. The maximum Gasteiger partial charge on any atom is 0.103 e. The van der Waals surface area contributed by atoms with E-state index in [0.717, 1.165) is 29.9 Å². The lowest BCUT2D eigenvalue weighted by Gasteiger charge is -2.31. The molecule has 0 aliphatic heterocycles. The van der Waals surface area contributed by atoms with Crippen molar-refractivity contribution < 1.29 is 5.11 Å². The number of halogens is 1. The van der Waals surface area contributed by atoms with E-state index in [9.17, 15) is 5.11 Å². The van der Waals surface area contributed by atoms with Crippen LogP contribution >= 0.6 is 11.6 Å². The van der Waals surface area contributed by atoms with Crippen LogP contribution in [0.4, 0.5) is 0 Å². The molecule has 6 heteroatoms. The molecule has 1 heterocycles. The molecule has 0 amide bonds. The van der Waals surface area contributed by atoms with E-state index in [-0.39, 0.29) is 12.1 Å². The van der Waals surface area contributed by atoms with Crippen LogP contribution in [0.3, 0.4) is 0 Å². The Morgan fingerprint density at radius 1 is 1.35 bits per heavy atom. The van der Waals surface area contributed by atoms with Crippen molar-refractivity contribution in [3.05, 3.63) is 40.7 Å². The van der Waals surface area contributed by atoms with Crippen LogP contribution in [0.15, 0.2) is 24.3 Å². The SMILES string of the molecule is Cc1c(C(C)NCC(O)C2CCC2)nnn1-c1ccc(Cl)cc1. The summed E-state index contributed by atoms with van der Waals surface area (Å²) < 4.78 is 1.81. The number of aromatic nitrogens is 3. The van der Waals surface area contributed by atoms with Gasteiger partial charge in [0, 0.05) is 11.6 Å². The van der Waals surface area contributed by atoms with E-state index < -0.39 is 0 Å². The number of nitrogens with one attached hydrogen (secondary N) is 1. The van der Waals surface area contributed by atoms with Gasteiger partial charge in [-0.1, -0.05) is 23.2 Å². The lowest BCUT2D eigenvalue weighted by molar-refractivity contribution is 0.0604. The van der Waals surface area contributed by atoms with E-state index in [0.29, 0.717) is 17.5 Å². The first kappa shape index (κ1) is 16.4. The van der Waals surface area contributed by atoms with Crippen LogP contribution in [0.2, 0.25) is 5.02 Å². The average molecular weight is 335 g/mol. The van der Waals surface area contributed by atoms with Gasteiger partial charge in [0.2, 0.25) is 0 Å². The van der Waals surface area contributed by atoms with Gasteiger partial charge in [0.05, 0.1) is 23.5 Å². The second-order valence-electron chi connectivity index (χ2n) is 6.34. The molecule has 0 bridgehead atoms. The van der Waals surface area contributed by atoms with Gasteiger partial charge >= 0.3 is 0 Å². The number of hydrogen-bond acceptors (Lipinski definition) is 4. The Morgan fingerprint density at radius 3 is 2.65 bits per heavy atom. The fraction of sp³-hybridized carbons (Fsp3) is 0.529. The Morgan fingerprint density at radius 2 is 2.04 bits per heavy atom. The molecule has 1 aliphatic carbocycles. The lowest BCUT2D eigenvalue weighted by atomic mass is 9.81. The average Bonchev–Trinajstić information content (AvgIpc) is 2.86. The van der Waals surface area contributed by atoms with Crippen molar-refractivity contribution in [3.8, 4) is 5.69 Å². The molecule has 124 valence electrons. The number of rotatable bonds is 6.